The van der Waals surface area contributed by atoms with Crippen LogP contribution < -0.4 is 5.32 Å². The smallest absolute Gasteiger partial charge is 0.261 e. The summed E-state index contributed by atoms with van der Waals surface area (Å²) in [6.07, 6.45) is 2.31. The Bertz CT molecular complexity index is 1590. The van der Waals surface area contributed by atoms with E-state index in [0.29, 0.717) is 11.4 Å². The van der Waals surface area contributed by atoms with E-state index in [2.05, 4.69) is 24.1 Å². The first kappa shape index (κ1) is 29.4. The Morgan fingerprint density at radius 3 is 2.56 bits per heavy atom. The third kappa shape index (κ3) is 5.95. The first-order valence-electron chi connectivity index (χ1n) is 13.9. The molecule has 1 spiro atoms. The number of carbonyl (C=O) groups excluding carboxylic acids is 1. The van der Waals surface area contributed by atoms with Crippen LogP contribution >= 0.6 is 11.3 Å². The van der Waals surface area contributed by atoms with Crippen LogP contribution in [0.5, 0.6) is 0 Å². The first-order valence-corrected chi connectivity index (χ1v) is 16.4. The van der Waals surface area contributed by atoms with Crippen molar-refractivity contribution < 1.29 is 22.3 Å². The molecule has 1 fully saturated rings. The molecular weight excluding hydrogens is 561 g/mol. The second-order valence-electron chi connectivity index (χ2n) is 10.9. The van der Waals surface area contributed by atoms with E-state index in [1.54, 1.807) is 31.2 Å². The fourth-order valence-corrected chi connectivity index (χ4v) is 8.01. The molecule has 3 heterocycles. The van der Waals surface area contributed by atoms with Crippen molar-refractivity contribution in [2.75, 3.05) is 18.8 Å². The molecule has 41 heavy (non-hydrogen) atoms. The topological polar surface area (TPSA) is 99.5 Å². The highest BCUT2D eigenvalue weighted by atomic mass is 32.2. The highest BCUT2D eigenvalue weighted by Gasteiger charge is 2.45. The monoisotopic (exact) mass is 595 g/mol. The zero-order chi connectivity index (χ0) is 29.4. The van der Waals surface area contributed by atoms with Gasteiger partial charge in [0.15, 0.2) is 9.84 Å². The highest BCUT2D eigenvalue weighted by Crippen LogP contribution is 2.48. The number of nitrogens with zero attached hydrogens (tertiary/aromatic N) is 2. The number of ether oxygens (including phenoxy) is 1. The van der Waals surface area contributed by atoms with E-state index >= 15 is 0 Å². The number of sulfone groups is 1. The summed E-state index contributed by atoms with van der Waals surface area (Å²) in [5.74, 6) is -0.610. The predicted molar refractivity (Wildman–Crippen MR) is 156 cm³/mol. The van der Waals surface area contributed by atoms with Crippen LogP contribution in [0.2, 0.25) is 0 Å². The molecule has 0 radical (unpaired) electrons. The summed E-state index contributed by atoms with van der Waals surface area (Å²) in [5.41, 5.74) is 2.42. The second kappa shape index (κ2) is 11.6. The van der Waals surface area contributed by atoms with Gasteiger partial charge in [-0.1, -0.05) is 25.1 Å². The maximum atomic E-state index is 14.2. The van der Waals surface area contributed by atoms with Gasteiger partial charge in [-0.25, -0.2) is 12.8 Å². The number of amides is 1. The lowest BCUT2D eigenvalue weighted by Gasteiger charge is -2.47. The van der Waals surface area contributed by atoms with E-state index in [9.17, 15) is 17.6 Å². The van der Waals surface area contributed by atoms with Crippen molar-refractivity contribution in [1.29, 1.82) is 5.26 Å². The molecular formula is C31H34FN3O4S2. The normalized spacial score (nSPS) is 19.3. The van der Waals surface area contributed by atoms with E-state index < -0.39 is 21.3 Å². The zero-order valence-electron chi connectivity index (χ0n) is 23.4. The summed E-state index contributed by atoms with van der Waals surface area (Å²) in [5, 5.41) is 12.0. The molecule has 7 nitrogen and oxygen atoms in total. The van der Waals surface area contributed by atoms with Crippen molar-refractivity contribution >= 4 is 27.1 Å². The molecule has 0 aliphatic carbocycles. The van der Waals surface area contributed by atoms with Gasteiger partial charge < -0.3 is 10.1 Å². The van der Waals surface area contributed by atoms with E-state index in [4.69, 9.17) is 10.00 Å². The van der Waals surface area contributed by atoms with E-state index in [1.807, 2.05) is 18.2 Å². The number of hydrogen-bond acceptors (Lipinski definition) is 7. The number of likely N-dealkylation sites (tertiary alicyclic amines) is 1. The molecule has 10 heteroatoms. The van der Waals surface area contributed by atoms with Crippen LogP contribution in [0.3, 0.4) is 0 Å². The van der Waals surface area contributed by atoms with Crippen LogP contribution in [0.4, 0.5) is 4.39 Å². The first-order chi connectivity index (χ1) is 19.5. The number of benzene rings is 2. The lowest BCUT2D eigenvalue weighted by atomic mass is 9.83. The number of nitrogens with one attached hydrogen (secondary N) is 1. The second-order valence-corrected chi connectivity index (χ2v) is 14.2. The molecule has 2 aliphatic heterocycles. The molecule has 216 valence electrons. The molecule has 1 aromatic heterocycles. The molecule has 1 unspecified atom stereocenters. The Morgan fingerprint density at radius 1 is 1.22 bits per heavy atom. The van der Waals surface area contributed by atoms with Gasteiger partial charge in [0.25, 0.3) is 5.91 Å². The zero-order valence-corrected chi connectivity index (χ0v) is 25.1. The number of fused-ring (bicyclic) bond motifs is 2. The summed E-state index contributed by atoms with van der Waals surface area (Å²) in [4.78, 5) is 17.5. The Labute approximate surface area is 244 Å². The summed E-state index contributed by atoms with van der Waals surface area (Å²) in [6.45, 7) is 7.56. The van der Waals surface area contributed by atoms with E-state index in [-0.39, 0.29) is 34.3 Å². The molecule has 0 saturated carbocycles. The third-order valence-electron chi connectivity index (χ3n) is 8.25. The molecule has 5 rings (SSSR count). The minimum atomic E-state index is -3.26. The Hall–Kier alpha value is -3.10. The molecule has 2 aromatic carbocycles. The molecule has 1 N–H and O–H groups in total. The van der Waals surface area contributed by atoms with Crippen molar-refractivity contribution in [1.82, 2.24) is 10.2 Å². The fraction of sp³-hybridized carbons (Fsp3) is 0.419. The van der Waals surface area contributed by atoms with Gasteiger partial charge in [0.2, 0.25) is 0 Å². The van der Waals surface area contributed by atoms with Crippen LogP contribution in [0.15, 0.2) is 53.4 Å². The molecule has 2 aliphatic rings. The van der Waals surface area contributed by atoms with Crippen molar-refractivity contribution in [2.45, 2.75) is 69.2 Å². The van der Waals surface area contributed by atoms with Crippen LogP contribution in [-0.2, 0) is 33.1 Å². The average molecular weight is 596 g/mol. The molecule has 0 bridgehead atoms. The van der Waals surface area contributed by atoms with Gasteiger partial charge in [-0.15, -0.1) is 11.3 Å². The SMILES string of the molecule is CCS(=O)(=O)c1ccc(CNC(=O)c2cc3c(s2)C2(CCN(C(C)c4ccc(C#N)c(F)c4)CC2)O[C@@H](C)C3)cc1. The highest BCUT2D eigenvalue weighted by molar-refractivity contribution is 7.91. The number of carbonyl (C=O) groups is 1. The lowest BCUT2D eigenvalue weighted by molar-refractivity contribution is -0.134. The number of hydrogen-bond donors (Lipinski definition) is 1. The largest absolute Gasteiger partial charge is 0.366 e. The number of thiophene rings is 1. The quantitative estimate of drug-likeness (QED) is 0.388. The molecule has 2 atom stereocenters. The van der Waals surface area contributed by atoms with Crippen molar-refractivity contribution in [3.63, 3.8) is 0 Å². The van der Waals surface area contributed by atoms with Crippen LogP contribution in [0.25, 0.3) is 0 Å². The van der Waals surface area contributed by atoms with Gasteiger partial charge in [0.1, 0.15) is 17.5 Å². The third-order valence-corrected chi connectivity index (χ3v) is 11.4. The minimum absolute atomic E-state index is 0.00380. The number of piperidine rings is 1. The number of nitriles is 1. The van der Waals surface area contributed by atoms with Gasteiger partial charge in [0.05, 0.1) is 27.2 Å². The Balaban J connectivity index is 1.26. The fourth-order valence-electron chi connectivity index (χ4n) is 5.83. The molecule has 1 saturated heterocycles. The van der Waals surface area contributed by atoms with E-state index in [1.165, 1.54) is 23.5 Å². The average Bonchev–Trinajstić information content (AvgIpc) is 3.41. The van der Waals surface area contributed by atoms with Gasteiger partial charge in [-0.2, -0.15) is 5.26 Å². The number of halogens is 1. The Kier molecular flexibility index (Phi) is 8.35. The summed E-state index contributed by atoms with van der Waals surface area (Å²) >= 11 is 1.49. The standard InChI is InChI=1S/C31H34FN3O4S2/c1-4-41(37,38)26-9-5-22(6-10-26)19-34-30(36)28-17-25-15-20(2)39-31(29(25)40-28)11-13-35(14-12-31)21(3)23-7-8-24(18-33)27(32)16-23/h5-10,16-17,20-21H,4,11-15,19H2,1-3H3,(H,34,36)/t20-,21?/m0/s1. The maximum Gasteiger partial charge on any atom is 0.261 e. The predicted octanol–water partition coefficient (Wildman–Crippen LogP) is 5.50. The summed E-state index contributed by atoms with van der Waals surface area (Å²) < 4.78 is 45.0. The van der Waals surface area contributed by atoms with Crippen LogP contribution in [0, 0.1) is 17.1 Å². The van der Waals surface area contributed by atoms with Crippen molar-refractivity contribution in [2.24, 2.45) is 0 Å². The summed E-state index contributed by atoms with van der Waals surface area (Å²) in [7, 11) is -3.26. The lowest BCUT2D eigenvalue weighted by Crippen LogP contribution is -2.48. The van der Waals surface area contributed by atoms with E-state index in [0.717, 1.165) is 53.9 Å². The Morgan fingerprint density at radius 2 is 1.93 bits per heavy atom. The summed E-state index contributed by atoms with van der Waals surface area (Å²) in [6, 6.07) is 15.3. The van der Waals surface area contributed by atoms with Crippen LogP contribution in [0.1, 0.15) is 76.5 Å². The van der Waals surface area contributed by atoms with Gasteiger partial charge in [0, 0.05) is 30.6 Å². The number of rotatable bonds is 7. The van der Waals surface area contributed by atoms with Crippen LogP contribution in [-0.4, -0.2) is 44.2 Å². The molecule has 1 amide bonds. The minimum Gasteiger partial charge on any atom is -0.366 e. The molecule has 3 aromatic rings. The van der Waals surface area contributed by atoms with Gasteiger partial charge >= 0.3 is 0 Å². The van der Waals surface area contributed by atoms with Gasteiger partial charge in [-0.05, 0) is 80.1 Å². The van der Waals surface area contributed by atoms with Crippen molar-refractivity contribution in [3.05, 3.63) is 86.4 Å². The van der Waals surface area contributed by atoms with Gasteiger partial charge in [-0.3, -0.25) is 9.69 Å². The van der Waals surface area contributed by atoms with Crippen molar-refractivity contribution in [3.8, 4) is 6.07 Å². The maximum absolute atomic E-state index is 14.2.